The maximum Gasteiger partial charge on any atom is 0.0260 e. The Labute approximate surface area is 67.2 Å². The first-order chi connectivity index (χ1) is 5.43. The molecule has 0 fully saturated rings. The van der Waals surface area contributed by atoms with Gasteiger partial charge in [-0.2, -0.15) is 0 Å². The summed E-state index contributed by atoms with van der Waals surface area (Å²) in [7, 11) is 0. The lowest BCUT2D eigenvalue weighted by atomic mass is 10.1. The van der Waals surface area contributed by atoms with Gasteiger partial charge < -0.3 is 0 Å². The Morgan fingerprint density at radius 3 is 3.00 bits per heavy atom. The second kappa shape index (κ2) is 4.45. The van der Waals surface area contributed by atoms with Crippen molar-refractivity contribution in [1.29, 1.82) is 0 Å². The summed E-state index contributed by atoms with van der Waals surface area (Å²) in [5.74, 6) is 0. The lowest BCUT2D eigenvalue weighted by Gasteiger charge is -1.98. The fraction of sp³-hybridized carbons (Fsp3) is 0.100. The molecule has 56 valence electrons. The number of hydrogen-bond acceptors (Lipinski definition) is 1. The zero-order valence-corrected chi connectivity index (χ0v) is 6.40. The van der Waals surface area contributed by atoms with Gasteiger partial charge in [-0.15, -0.1) is 0 Å². The Kier molecular flexibility index (Phi) is 3.13. The fourth-order valence-electron chi connectivity index (χ4n) is 0.881. The molecule has 0 aromatic rings. The molecule has 11 heavy (non-hydrogen) atoms. The summed E-state index contributed by atoms with van der Waals surface area (Å²) in [6.45, 7) is 3.35. The van der Waals surface area contributed by atoms with Crippen LogP contribution < -0.4 is 0 Å². The van der Waals surface area contributed by atoms with Crippen LogP contribution in [0.2, 0.25) is 0 Å². The molecule has 0 atom stereocenters. The quantitative estimate of drug-likeness (QED) is 0.530. The van der Waals surface area contributed by atoms with E-state index in [9.17, 15) is 0 Å². The maximum absolute atomic E-state index is 3.60. The summed E-state index contributed by atoms with van der Waals surface area (Å²) in [6.07, 6.45) is 14.9. The molecule has 1 aliphatic rings. The highest BCUT2D eigenvalue weighted by atomic mass is 14.6. The van der Waals surface area contributed by atoms with E-state index >= 15 is 0 Å². The lowest BCUT2D eigenvalue weighted by molar-refractivity contribution is 1.26. The molecule has 1 nitrogen and oxygen atoms in total. The molecule has 0 saturated heterocycles. The van der Waals surface area contributed by atoms with Gasteiger partial charge in [0, 0.05) is 6.20 Å². The standard InChI is InChI=1S/C10H11N/c1-11-9-5-8-10-6-3-2-4-7-10/h2-6,8-9H,1,7H2/b9-5-,10-8-. The third-order valence-electron chi connectivity index (χ3n) is 1.41. The minimum absolute atomic E-state index is 1.01. The monoisotopic (exact) mass is 145 g/mol. The van der Waals surface area contributed by atoms with Gasteiger partial charge in [-0.3, -0.25) is 4.99 Å². The first kappa shape index (κ1) is 7.73. The van der Waals surface area contributed by atoms with Crippen LogP contribution in [-0.4, -0.2) is 6.72 Å². The van der Waals surface area contributed by atoms with Crippen molar-refractivity contribution in [3.8, 4) is 0 Å². The molecule has 0 unspecified atom stereocenters. The van der Waals surface area contributed by atoms with E-state index in [0.717, 1.165) is 6.42 Å². The fourth-order valence-corrected chi connectivity index (χ4v) is 0.881. The third-order valence-corrected chi connectivity index (χ3v) is 1.41. The Balaban J connectivity index is 2.53. The minimum Gasteiger partial charge on any atom is -0.273 e. The summed E-state index contributed by atoms with van der Waals surface area (Å²) >= 11 is 0. The molecule has 0 N–H and O–H groups in total. The van der Waals surface area contributed by atoms with E-state index in [2.05, 4.69) is 23.9 Å². The summed E-state index contributed by atoms with van der Waals surface area (Å²) in [5, 5.41) is 0. The smallest absolute Gasteiger partial charge is 0.0260 e. The molecule has 0 aromatic heterocycles. The van der Waals surface area contributed by atoms with Crippen LogP contribution in [0.1, 0.15) is 6.42 Å². The number of nitrogens with zero attached hydrogens (tertiary/aromatic N) is 1. The van der Waals surface area contributed by atoms with Gasteiger partial charge >= 0.3 is 0 Å². The van der Waals surface area contributed by atoms with Crippen molar-refractivity contribution >= 4 is 6.72 Å². The van der Waals surface area contributed by atoms with Crippen LogP contribution in [0.25, 0.3) is 0 Å². The van der Waals surface area contributed by atoms with Crippen molar-refractivity contribution in [1.82, 2.24) is 0 Å². The number of aliphatic imine (C=N–C) groups is 1. The van der Waals surface area contributed by atoms with E-state index in [4.69, 9.17) is 0 Å². The predicted molar refractivity (Wildman–Crippen MR) is 49.7 cm³/mol. The number of hydrogen-bond donors (Lipinski definition) is 0. The van der Waals surface area contributed by atoms with Crippen LogP contribution in [0.5, 0.6) is 0 Å². The Bertz CT molecular complexity index is 242. The first-order valence-corrected chi connectivity index (χ1v) is 3.58. The van der Waals surface area contributed by atoms with E-state index in [1.54, 1.807) is 6.20 Å². The molecule has 1 aliphatic carbocycles. The third kappa shape index (κ3) is 2.80. The SMILES string of the molecule is C=N/C=C\C=C1\C=CC=CC1. The summed E-state index contributed by atoms with van der Waals surface area (Å²) in [6, 6.07) is 0. The van der Waals surface area contributed by atoms with E-state index in [-0.39, 0.29) is 0 Å². The molecule has 1 heteroatoms. The zero-order chi connectivity index (χ0) is 7.94. The molecule has 0 spiro atoms. The molecule has 0 radical (unpaired) electrons. The molecule has 0 aromatic carbocycles. The first-order valence-electron chi connectivity index (χ1n) is 3.58. The molecule has 0 heterocycles. The highest BCUT2D eigenvalue weighted by Crippen LogP contribution is 2.09. The molecule has 0 amide bonds. The molecular weight excluding hydrogens is 134 g/mol. The van der Waals surface area contributed by atoms with Crippen LogP contribution in [0.4, 0.5) is 0 Å². The van der Waals surface area contributed by atoms with Crippen LogP contribution in [-0.2, 0) is 0 Å². The van der Waals surface area contributed by atoms with E-state index in [1.807, 2.05) is 24.3 Å². The average molecular weight is 145 g/mol. The number of allylic oxidation sites excluding steroid dienone is 7. The van der Waals surface area contributed by atoms with E-state index in [1.165, 1.54) is 5.57 Å². The highest BCUT2D eigenvalue weighted by Gasteiger charge is 1.89. The van der Waals surface area contributed by atoms with E-state index in [0.29, 0.717) is 0 Å². The van der Waals surface area contributed by atoms with Gasteiger partial charge in [-0.1, -0.05) is 30.4 Å². The van der Waals surface area contributed by atoms with Gasteiger partial charge in [-0.25, -0.2) is 0 Å². The molecule has 0 bridgehead atoms. The Hall–Kier alpha value is -1.37. The summed E-state index contributed by atoms with van der Waals surface area (Å²) in [5.41, 5.74) is 1.30. The van der Waals surface area contributed by atoms with Crippen molar-refractivity contribution in [3.05, 3.63) is 48.2 Å². The van der Waals surface area contributed by atoms with Gasteiger partial charge in [0.05, 0.1) is 0 Å². The second-order valence-electron chi connectivity index (χ2n) is 2.26. The Morgan fingerprint density at radius 1 is 1.45 bits per heavy atom. The van der Waals surface area contributed by atoms with Crippen molar-refractivity contribution in [2.45, 2.75) is 6.42 Å². The van der Waals surface area contributed by atoms with Crippen LogP contribution in [0.3, 0.4) is 0 Å². The predicted octanol–water partition coefficient (Wildman–Crippen LogP) is 2.64. The second-order valence-corrected chi connectivity index (χ2v) is 2.26. The number of rotatable bonds is 2. The summed E-state index contributed by atoms with van der Waals surface area (Å²) in [4.78, 5) is 3.60. The average Bonchev–Trinajstić information content (AvgIpc) is 2.07. The van der Waals surface area contributed by atoms with Gasteiger partial charge in [0.2, 0.25) is 0 Å². The highest BCUT2D eigenvalue weighted by molar-refractivity contribution is 5.32. The van der Waals surface area contributed by atoms with E-state index < -0.39 is 0 Å². The zero-order valence-electron chi connectivity index (χ0n) is 6.40. The van der Waals surface area contributed by atoms with Crippen molar-refractivity contribution < 1.29 is 0 Å². The normalized spacial score (nSPS) is 19.8. The topological polar surface area (TPSA) is 12.4 Å². The molecular formula is C10H11N. The van der Waals surface area contributed by atoms with Crippen LogP contribution in [0, 0.1) is 0 Å². The maximum atomic E-state index is 3.60. The minimum atomic E-state index is 1.01. The lowest BCUT2D eigenvalue weighted by Crippen LogP contribution is -1.78. The van der Waals surface area contributed by atoms with Crippen molar-refractivity contribution in [3.63, 3.8) is 0 Å². The van der Waals surface area contributed by atoms with Crippen molar-refractivity contribution in [2.75, 3.05) is 0 Å². The van der Waals surface area contributed by atoms with Gasteiger partial charge in [-0.05, 0) is 24.8 Å². The van der Waals surface area contributed by atoms with Crippen LogP contribution in [0.15, 0.2) is 53.2 Å². The largest absolute Gasteiger partial charge is 0.273 e. The van der Waals surface area contributed by atoms with Crippen molar-refractivity contribution in [2.24, 2.45) is 4.99 Å². The van der Waals surface area contributed by atoms with Gasteiger partial charge in [0.1, 0.15) is 0 Å². The molecule has 1 rings (SSSR count). The molecule has 0 saturated carbocycles. The summed E-state index contributed by atoms with van der Waals surface area (Å²) < 4.78 is 0. The van der Waals surface area contributed by atoms with Gasteiger partial charge in [0.25, 0.3) is 0 Å². The molecule has 0 aliphatic heterocycles. The van der Waals surface area contributed by atoms with Crippen LogP contribution >= 0.6 is 0 Å². The Morgan fingerprint density at radius 2 is 2.36 bits per heavy atom. The van der Waals surface area contributed by atoms with Gasteiger partial charge in [0.15, 0.2) is 0 Å².